The number of amides is 2. The second-order valence-corrected chi connectivity index (χ2v) is 8.21. The zero-order valence-corrected chi connectivity index (χ0v) is 17.1. The lowest BCUT2D eigenvalue weighted by Crippen LogP contribution is -2.29. The maximum absolute atomic E-state index is 12.5. The van der Waals surface area contributed by atoms with Crippen molar-refractivity contribution in [1.29, 1.82) is 0 Å². The van der Waals surface area contributed by atoms with E-state index in [0.29, 0.717) is 43.7 Å². The molecule has 1 aromatic heterocycles. The van der Waals surface area contributed by atoms with Crippen molar-refractivity contribution in [3.05, 3.63) is 57.3 Å². The van der Waals surface area contributed by atoms with Crippen molar-refractivity contribution in [1.82, 2.24) is 4.90 Å². The number of hydrogen-bond acceptors (Lipinski definition) is 5. The summed E-state index contributed by atoms with van der Waals surface area (Å²) in [6, 6.07) is 8.33. The highest BCUT2D eigenvalue weighted by Crippen LogP contribution is 2.32. The number of nitrogens with zero attached hydrogens (tertiary/aromatic N) is 1. The molecular formula is C18H14Cl2N2O3S2. The van der Waals surface area contributed by atoms with Crippen molar-refractivity contribution < 1.29 is 14.0 Å². The largest absolute Gasteiger partial charge is 0.465 e. The van der Waals surface area contributed by atoms with Gasteiger partial charge < -0.3 is 9.73 Å². The van der Waals surface area contributed by atoms with Crippen molar-refractivity contribution in [2.75, 3.05) is 11.9 Å². The van der Waals surface area contributed by atoms with Crippen LogP contribution in [0, 0.1) is 0 Å². The number of rotatable bonds is 6. The van der Waals surface area contributed by atoms with E-state index in [0.717, 1.165) is 0 Å². The van der Waals surface area contributed by atoms with Gasteiger partial charge in [-0.05, 0) is 36.8 Å². The molecule has 2 amide bonds. The summed E-state index contributed by atoms with van der Waals surface area (Å²) in [5.41, 5.74) is 0.532. The molecule has 1 aromatic carbocycles. The van der Waals surface area contributed by atoms with Crippen molar-refractivity contribution in [3.63, 3.8) is 0 Å². The van der Waals surface area contributed by atoms with Crippen molar-refractivity contribution in [2.45, 2.75) is 12.8 Å². The van der Waals surface area contributed by atoms with Crippen LogP contribution < -0.4 is 5.32 Å². The molecule has 0 aliphatic carbocycles. The normalized spacial score (nSPS) is 15.6. The fraction of sp³-hybridized carbons (Fsp3) is 0.167. The van der Waals surface area contributed by atoms with Crippen LogP contribution in [0.2, 0.25) is 10.0 Å². The van der Waals surface area contributed by atoms with E-state index in [9.17, 15) is 9.59 Å². The van der Waals surface area contributed by atoms with Crippen molar-refractivity contribution in [3.8, 4) is 0 Å². The zero-order chi connectivity index (χ0) is 19.4. The number of carbonyl (C=O) groups excluding carboxylic acids is 2. The Morgan fingerprint density at radius 1 is 1.30 bits per heavy atom. The van der Waals surface area contributed by atoms with E-state index in [2.05, 4.69) is 5.32 Å². The summed E-state index contributed by atoms with van der Waals surface area (Å²) in [5.74, 6) is 0.225. The molecule has 1 aliphatic heterocycles. The van der Waals surface area contributed by atoms with Gasteiger partial charge in [0.05, 0.1) is 11.2 Å². The quantitative estimate of drug-likeness (QED) is 0.493. The standard InChI is InChI=1S/C18H14Cl2N2O3S2/c19-11-7-12(20)9-13(8-11)21-16(23)4-1-5-22-17(24)15(27-18(22)26)10-14-3-2-6-25-14/h2-3,6-10H,1,4-5H2,(H,21,23). The molecule has 0 saturated carbocycles. The lowest BCUT2D eigenvalue weighted by Gasteiger charge is -2.14. The summed E-state index contributed by atoms with van der Waals surface area (Å²) in [4.78, 5) is 26.6. The minimum atomic E-state index is -0.190. The van der Waals surface area contributed by atoms with Crippen LogP contribution in [0.1, 0.15) is 18.6 Å². The number of thioether (sulfide) groups is 1. The highest BCUT2D eigenvalue weighted by molar-refractivity contribution is 8.26. The molecule has 2 heterocycles. The minimum Gasteiger partial charge on any atom is -0.465 e. The van der Waals surface area contributed by atoms with Crippen LogP contribution in [-0.4, -0.2) is 27.6 Å². The first kappa shape index (κ1) is 19.9. The molecule has 0 bridgehead atoms. The maximum Gasteiger partial charge on any atom is 0.266 e. The summed E-state index contributed by atoms with van der Waals surface area (Å²) >= 11 is 18.3. The average Bonchev–Trinajstić information content (AvgIpc) is 3.17. The Bertz CT molecular complexity index is 893. The van der Waals surface area contributed by atoms with Gasteiger partial charge in [-0.2, -0.15) is 0 Å². The van der Waals surface area contributed by atoms with E-state index < -0.39 is 0 Å². The number of furan rings is 1. The molecule has 3 rings (SSSR count). The monoisotopic (exact) mass is 440 g/mol. The minimum absolute atomic E-state index is 0.177. The average molecular weight is 441 g/mol. The first-order valence-electron chi connectivity index (χ1n) is 7.97. The molecule has 0 atom stereocenters. The third-order valence-corrected chi connectivity index (χ3v) is 5.44. The number of carbonyl (C=O) groups is 2. The highest BCUT2D eigenvalue weighted by Gasteiger charge is 2.31. The van der Waals surface area contributed by atoms with E-state index >= 15 is 0 Å². The third kappa shape index (κ3) is 5.35. The summed E-state index contributed by atoms with van der Waals surface area (Å²) < 4.78 is 5.70. The number of thiocarbonyl (C=S) groups is 1. The molecular weight excluding hydrogens is 427 g/mol. The lowest BCUT2D eigenvalue weighted by molar-refractivity contribution is -0.122. The van der Waals surface area contributed by atoms with Crippen LogP contribution in [0.5, 0.6) is 0 Å². The van der Waals surface area contributed by atoms with Crippen molar-refractivity contribution in [2.24, 2.45) is 0 Å². The molecule has 0 radical (unpaired) electrons. The molecule has 2 aromatic rings. The molecule has 0 unspecified atom stereocenters. The number of benzene rings is 1. The number of nitrogens with one attached hydrogen (secondary N) is 1. The molecule has 0 spiro atoms. The van der Waals surface area contributed by atoms with Gasteiger partial charge in [0.15, 0.2) is 0 Å². The molecule has 9 heteroatoms. The predicted octanol–water partition coefficient (Wildman–Crippen LogP) is 5.21. The number of anilines is 1. The van der Waals surface area contributed by atoms with Crippen molar-refractivity contribution >= 4 is 75.1 Å². The number of hydrogen-bond donors (Lipinski definition) is 1. The van der Waals surface area contributed by atoms with Crippen LogP contribution in [0.3, 0.4) is 0 Å². The molecule has 1 fully saturated rings. The van der Waals surface area contributed by atoms with Crippen LogP contribution in [-0.2, 0) is 9.59 Å². The van der Waals surface area contributed by atoms with E-state index in [4.69, 9.17) is 39.8 Å². The topological polar surface area (TPSA) is 62.6 Å². The van der Waals surface area contributed by atoms with Gasteiger partial charge in [0, 0.05) is 34.8 Å². The van der Waals surface area contributed by atoms with Gasteiger partial charge in [0.1, 0.15) is 10.1 Å². The molecule has 1 aliphatic rings. The van der Waals surface area contributed by atoms with Gasteiger partial charge in [0.2, 0.25) is 5.91 Å². The van der Waals surface area contributed by atoms with E-state index in [1.165, 1.54) is 22.9 Å². The summed E-state index contributed by atoms with van der Waals surface area (Å²) in [6.45, 7) is 0.365. The maximum atomic E-state index is 12.5. The van der Waals surface area contributed by atoms with Gasteiger partial charge in [-0.1, -0.05) is 47.2 Å². The van der Waals surface area contributed by atoms with E-state index in [1.54, 1.807) is 36.4 Å². The first-order valence-corrected chi connectivity index (χ1v) is 9.95. The summed E-state index contributed by atoms with van der Waals surface area (Å²) in [5, 5.41) is 3.62. The van der Waals surface area contributed by atoms with E-state index in [-0.39, 0.29) is 18.2 Å². The van der Waals surface area contributed by atoms with Crippen LogP contribution in [0.15, 0.2) is 45.9 Å². The summed E-state index contributed by atoms with van der Waals surface area (Å²) in [6.07, 6.45) is 3.91. The van der Waals surface area contributed by atoms with Crippen LogP contribution >= 0.6 is 47.2 Å². The molecule has 1 N–H and O–H groups in total. The fourth-order valence-electron chi connectivity index (χ4n) is 2.44. The van der Waals surface area contributed by atoms with Crippen LogP contribution in [0.25, 0.3) is 6.08 Å². The Balaban J connectivity index is 1.52. The molecule has 27 heavy (non-hydrogen) atoms. The Morgan fingerprint density at radius 3 is 2.70 bits per heavy atom. The first-order chi connectivity index (χ1) is 12.9. The Labute approximate surface area is 175 Å². The fourth-order valence-corrected chi connectivity index (χ4v) is 4.26. The third-order valence-electron chi connectivity index (χ3n) is 3.62. The molecule has 140 valence electrons. The number of halogens is 2. The van der Waals surface area contributed by atoms with Gasteiger partial charge in [-0.3, -0.25) is 14.5 Å². The second kappa shape index (κ2) is 8.93. The van der Waals surface area contributed by atoms with Gasteiger partial charge >= 0.3 is 0 Å². The lowest BCUT2D eigenvalue weighted by atomic mass is 10.2. The Kier molecular flexibility index (Phi) is 6.59. The summed E-state index contributed by atoms with van der Waals surface area (Å²) in [7, 11) is 0. The molecule has 5 nitrogen and oxygen atoms in total. The molecule has 1 saturated heterocycles. The van der Waals surface area contributed by atoms with Gasteiger partial charge in [0.25, 0.3) is 5.91 Å². The van der Waals surface area contributed by atoms with Crippen LogP contribution in [0.4, 0.5) is 5.69 Å². The van der Waals surface area contributed by atoms with E-state index in [1.807, 2.05) is 0 Å². The smallest absolute Gasteiger partial charge is 0.266 e. The van der Waals surface area contributed by atoms with Gasteiger partial charge in [-0.15, -0.1) is 0 Å². The van der Waals surface area contributed by atoms with Gasteiger partial charge in [-0.25, -0.2) is 0 Å². The highest BCUT2D eigenvalue weighted by atomic mass is 35.5. The zero-order valence-electron chi connectivity index (χ0n) is 13.9. The Morgan fingerprint density at radius 2 is 2.04 bits per heavy atom. The Hall–Kier alpha value is -1.80. The second-order valence-electron chi connectivity index (χ2n) is 5.66. The SMILES string of the molecule is O=C(CCCN1C(=O)C(=Cc2ccco2)SC1=S)Nc1cc(Cl)cc(Cl)c1. The predicted molar refractivity (Wildman–Crippen MR) is 113 cm³/mol.